The van der Waals surface area contributed by atoms with Gasteiger partial charge >= 0.3 is 0 Å². The van der Waals surface area contributed by atoms with E-state index in [1.165, 1.54) is 4.90 Å². The molecule has 0 heterocycles. The highest BCUT2D eigenvalue weighted by molar-refractivity contribution is 5.87. The van der Waals surface area contributed by atoms with Crippen molar-refractivity contribution in [1.82, 2.24) is 10.2 Å². The van der Waals surface area contributed by atoms with E-state index < -0.39 is 23.4 Å². The van der Waals surface area contributed by atoms with Crippen molar-refractivity contribution in [2.75, 3.05) is 13.1 Å². The predicted octanol–water partition coefficient (Wildman–Crippen LogP) is 1.60. The highest BCUT2D eigenvalue weighted by Gasteiger charge is 2.29. The molecule has 1 atom stereocenters. The van der Waals surface area contributed by atoms with Crippen LogP contribution in [-0.2, 0) is 16.1 Å². The van der Waals surface area contributed by atoms with Crippen molar-refractivity contribution in [3.63, 3.8) is 0 Å². The van der Waals surface area contributed by atoms with Gasteiger partial charge in [0.1, 0.15) is 6.04 Å². The number of nitrogens with zero attached hydrogens (tertiary/aromatic N) is 2. The number of carbonyl (C=O) groups is 2. The molecule has 1 aromatic carbocycles. The van der Waals surface area contributed by atoms with Gasteiger partial charge in [-0.1, -0.05) is 49.6 Å². The molecule has 0 aliphatic rings. The molecule has 1 N–H and O–H groups in total. The van der Waals surface area contributed by atoms with Gasteiger partial charge in [0.2, 0.25) is 18.4 Å². The average molecular weight is 345 g/mol. The lowest BCUT2D eigenvalue weighted by molar-refractivity contribution is -0.478. The van der Waals surface area contributed by atoms with Gasteiger partial charge in [-0.25, -0.2) is 0 Å². The van der Waals surface area contributed by atoms with Crippen molar-refractivity contribution < 1.29 is 14.5 Å². The fourth-order valence-corrected chi connectivity index (χ4v) is 2.41. The Hall–Kier alpha value is -2.88. The fraction of sp³-hybridized carbons (Fsp3) is 0.444. The van der Waals surface area contributed by atoms with Crippen molar-refractivity contribution in [1.29, 1.82) is 0 Å². The molecule has 0 radical (unpaired) electrons. The molecule has 1 rings (SSSR count). The third-order valence-electron chi connectivity index (χ3n) is 3.64. The van der Waals surface area contributed by atoms with Crippen molar-refractivity contribution in [2.24, 2.45) is 0 Å². The van der Waals surface area contributed by atoms with Crippen LogP contribution in [0.15, 0.2) is 30.3 Å². The molecular formula is C18H23N3O4. The van der Waals surface area contributed by atoms with Crippen LogP contribution in [0.25, 0.3) is 0 Å². The summed E-state index contributed by atoms with van der Waals surface area (Å²) in [5.41, 5.74) is 0.939. The van der Waals surface area contributed by atoms with Gasteiger partial charge in [0.15, 0.2) is 0 Å². The summed E-state index contributed by atoms with van der Waals surface area (Å²) in [7, 11) is 0. The third kappa shape index (κ3) is 7.04. The quantitative estimate of drug-likeness (QED) is 0.396. The maximum absolute atomic E-state index is 12.6. The molecule has 25 heavy (non-hydrogen) atoms. The Labute approximate surface area is 147 Å². The molecule has 0 aliphatic heterocycles. The third-order valence-corrected chi connectivity index (χ3v) is 3.64. The molecule has 0 aliphatic carbocycles. The van der Waals surface area contributed by atoms with Crippen LogP contribution in [-0.4, -0.2) is 40.8 Å². The second-order valence-corrected chi connectivity index (χ2v) is 5.54. The molecule has 1 aromatic rings. The Morgan fingerprint density at radius 1 is 1.36 bits per heavy atom. The Bertz CT molecular complexity index is 625. The van der Waals surface area contributed by atoms with E-state index in [1.54, 1.807) is 0 Å². The number of rotatable bonds is 10. The molecule has 7 heteroatoms. The molecule has 0 aromatic heterocycles. The second-order valence-electron chi connectivity index (χ2n) is 5.54. The molecule has 0 saturated heterocycles. The van der Waals surface area contributed by atoms with Gasteiger partial charge in [-0.2, -0.15) is 0 Å². The molecule has 7 nitrogen and oxygen atoms in total. The van der Waals surface area contributed by atoms with Gasteiger partial charge in [-0.3, -0.25) is 19.7 Å². The standard InChI is InChI=1S/C18H23N3O4/c1-3-8-16(18(23)19-14-15-9-6-5-7-10-15)20(12-4-2)17(22)11-13-21(24)25/h2,5-7,9-10,16H,3,8,11-14H2,1H3,(H,19,23). The molecule has 134 valence electrons. The van der Waals surface area contributed by atoms with E-state index in [0.717, 1.165) is 5.56 Å². The predicted molar refractivity (Wildman–Crippen MR) is 94.0 cm³/mol. The zero-order valence-electron chi connectivity index (χ0n) is 14.3. The maximum atomic E-state index is 12.6. The molecule has 0 spiro atoms. The van der Waals surface area contributed by atoms with Gasteiger partial charge in [0.25, 0.3) is 0 Å². The van der Waals surface area contributed by atoms with Crippen molar-refractivity contribution in [3.8, 4) is 12.3 Å². The Morgan fingerprint density at radius 2 is 2.04 bits per heavy atom. The number of terminal acetylenes is 1. The molecule has 1 unspecified atom stereocenters. The average Bonchev–Trinajstić information content (AvgIpc) is 2.61. The van der Waals surface area contributed by atoms with Gasteiger partial charge in [0.05, 0.1) is 13.0 Å². The van der Waals surface area contributed by atoms with Crippen LogP contribution in [0, 0.1) is 22.5 Å². The molecule has 2 amide bonds. The zero-order valence-corrected chi connectivity index (χ0v) is 14.3. The minimum absolute atomic E-state index is 0.0556. The first kappa shape index (κ1) is 20.2. The second kappa shape index (κ2) is 10.8. The minimum Gasteiger partial charge on any atom is -0.350 e. The lowest BCUT2D eigenvalue weighted by atomic mass is 10.1. The molecule has 0 bridgehead atoms. The van der Waals surface area contributed by atoms with Gasteiger partial charge in [-0.15, -0.1) is 6.42 Å². The summed E-state index contributed by atoms with van der Waals surface area (Å²) >= 11 is 0. The summed E-state index contributed by atoms with van der Waals surface area (Å²) in [4.78, 5) is 36.0. The van der Waals surface area contributed by atoms with Crippen molar-refractivity contribution in [3.05, 3.63) is 46.0 Å². The number of nitrogens with one attached hydrogen (secondary N) is 1. The fourth-order valence-electron chi connectivity index (χ4n) is 2.41. The summed E-state index contributed by atoms with van der Waals surface area (Å²) in [6.07, 6.45) is 6.15. The van der Waals surface area contributed by atoms with Crippen LogP contribution in [0.5, 0.6) is 0 Å². The normalized spacial score (nSPS) is 11.2. The van der Waals surface area contributed by atoms with Gasteiger partial charge < -0.3 is 10.2 Å². The SMILES string of the molecule is C#CCN(C(=O)CC[N+](=O)[O-])C(CCC)C(=O)NCc1ccccc1. The van der Waals surface area contributed by atoms with E-state index in [9.17, 15) is 19.7 Å². The smallest absolute Gasteiger partial charge is 0.243 e. The number of carbonyl (C=O) groups excluding carboxylic acids is 2. The highest BCUT2D eigenvalue weighted by Crippen LogP contribution is 2.10. The van der Waals surface area contributed by atoms with Crippen LogP contribution in [0.3, 0.4) is 0 Å². The number of amides is 2. The summed E-state index contributed by atoms with van der Waals surface area (Å²) < 4.78 is 0. The van der Waals surface area contributed by atoms with Crippen LogP contribution in [0.1, 0.15) is 31.7 Å². The minimum atomic E-state index is -0.732. The first-order chi connectivity index (χ1) is 12.0. The molecule has 0 fully saturated rings. The van der Waals surface area contributed by atoms with E-state index in [4.69, 9.17) is 6.42 Å². The highest BCUT2D eigenvalue weighted by atomic mass is 16.6. The van der Waals surface area contributed by atoms with Crippen LogP contribution >= 0.6 is 0 Å². The topological polar surface area (TPSA) is 92.6 Å². The Kier molecular flexibility index (Phi) is 8.72. The number of benzene rings is 1. The van der Waals surface area contributed by atoms with E-state index in [0.29, 0.717) is 19.4 Å². The van der Waals surface area contributed by atoms with E-state index in [1.807, 2.05) is 37.3 Å². The monoisotopic (exact) mass is 345 g/mol. The lowest BCUT2D eigenvalue weighted by Gasteiger charge is -2.29. The number of nitro groups is 1. The molecule has 0 saturated carbocycles. The van der Waals surface area contributed by atoms with Crippen molar-refractivity contribution in [2.45, 2.75) is 38.8 Å². The largest absolute Gasteiger partial charge is 0.350 e. The Morgan fingerprint density at radius 3 is 2.60 bits per heavy atom. The first-order valence-corrected chi connectivity index (χ1v) is 8.16. The van der Waals surface area contributed by atoms with Gasteiger partial charge in [0, 0.05) is 11.5 Å². The molecular weight excluding hydrogens is 322 g/mol. The Balaban J connectivity index is 2.80. The summed E-state index contributed by atoms with van der Waals surface area (Å²) in [6.45, 7) is 1.70. The van der Waals surface area contributed by atoms with Crippen LogP contribution < -0.4 is 5.32 Å². The number of hydrogen-bond acceptors (Lipinski definition) is 4. The summed E-state index contributed by atoms with van der Waals surface area (Å²) in [5, 5.41) is 13.3. The van der Waals surface area contributed by atoms with Crippen molar-refractivity contribution >= 4 is 11.8 Å². The summed E-state index contributed by atoms with van der Waals surface area (Å²) in [5.74, 6) is 1.57. The first-order valence-electron chi connectivity index (χ1n) is 8.16. The van der Waals surface area contributed by atoms with Crippen LogP contribution in [0.4, 0.5) is 0 Å². The summed E-state index contributed by atoms with van der Waals surface area (Å²) in [6, 6.07) is 8.66. The van der Waals surface area contributed by atoms with Crippen LogP contribution in [0.2, 0.25) is 0 Å². The maximum Gasteiger partial charge on any atom is 0.243 e. The van der Waals surface area contributed by atoms with Gasteiger partial charge in [-0.05, 0) is 12.0 Å². The number of hydrogen-bond donors (Lipinski definition) is 1. The lowest BCUT2D eigenvalue weighted by Crippen LogP contribution is -2.50. The van der Waals surface area contributed by atoms with E-state index in [2.05, 4.69) is 11.2 Å². The van der Waals surface area contributed by atoms with E-state index >= 15 is 0 Å². The van der Waals surface area contributed by atoms with E-state index in [-0.39, 0.29) is 18.9 Å². The zero-order chi connectivity index (χ0) is 18.7.